The zero-order valence-corrected chi connectivity index (χ0v) is 27.5. The molecule has 0 saturated heterocycles. The van der Waals surface area contributed by atoms with Crippen LogP contribution in [0.4, 0.5) is 15.9 Å². The van der Waals surface area contributed by atoms with Gasteiger partial charge in [0.2, 0.25) is 0 Å². The van der Waals surface area contributed by atoms with Crippen LogP contribution in [-0.2, 0) is 21.2 Å². The van der Waals surface area contributed by atoms with Crippen molar-refractivity contribution in [3.63, 3.8) is 0 Å². The lowest BCUT2D eigenvalue weighted by Gasteiger charge is -2.14. The van der Waals surface area contributed by atoms with Gasteiger partial charge in [-0.1, -0.05) is 19.1 Å². The number of rotatable bonds is 13. The second-order valence-electron chi connectivity index (χ2n) is 10.3. The maximum Gasteiger partial charge on any atom is 0.154 e. The third-order valence-corrected chi connectivity index (χ3v) is 10.6. The summed E-state index contributed by atoms with van der Waals surface area (Å²) in [6, 6.07) is 13.8. The number of hydrogen-bond acceptors (Lipinski definition) is 10. The number of benzene rings is 2. The molecule has 3 heterocycles. The summed E-state index contributed by atoms with van der Waals surface area (Å²) < 4.78 is 50.3. The Labute approximate surface area is 268 Å². The number of pyridine rings is 1. The molecule has 0 bridgehead atoms. The molecule has 1 unspecified atom stereocenters. The Kier molecular flexibility index (Phi) is 10.2. The van der Waals surface area contributed by atoms with Gasteiger partial charge in [0.15, 0.2) is 9.84 Å². The summed E-state index contributed by atoms with van der Waals surface area (Å²) in [5, 5.41) is 6.35. The van der Waals surface area contributed by atoms with E-state index >= 15 is 0 Å². The van der Waals surface area contributed by atoms with E-state index in [1.165, 1.54) is 29.8 Å². The molecule has 2 aromatic carbocycles. The Hall–Kier alpha value is -3.52. The minimum Gasteiger partial charge on any atom is -0.488 e. The lowest BCUT2D eigenvalue weighted by Crippen LogP contribution is -2.21. The van der Waals surface area contributed by atoms with Crippen LogP contribution in [0.1, 0.15) is 43.9 Å². The van der Waals surface area contributed by atoms with Crippen LogP contribution in [0.5, 0.6) is 5.75 Å². The lowest BCUT2D eigenvalue weighted by atomic mass is 10.2. The van der Waals surface area contributed by atoms with Crippen molar-refractivity contribution in [3.05, 3.63) is 87.3 Å². The molecule has 0 aliphatic carbocycles. The van der Waals surface area contributed by atoms with E-state index in [-0.39, 0.29) is 30.9 Å². The number of nitrogens with one attached hydrogen (secondary N) is 1. The number of sulfone groups is 1. The third kappa shape index (κ3) is 7.76. The second-order valence-corrected chi connectivity index (χ2v) is 14.7. The Balaban J connectivity index is 1.30. The van der Waals surface area contributed by atoms with E-state index in [2.05, 4.69) is 36.2 Å². The van der Waals surface area contributed by atoms with Crippen LogP contribution in [0.15, 0.2) is 70.9 Å². The van der Waals surface area contributed by atoms with Gasteiger partial charge >= 0.3 is 0 Å². The molecular formula is C31H31BrFN5O4S2. The number of ether oxygens (including phenoxy) is 2. The molecule has 0 saturated carbocycles. The van der Waals surface area contributed by atoms with Crippen LogP contribution < -0.4 is 10.1 Å². The first-order chi connectivity index (χ1) is 21.1. The number of fused-ring (bicyclic) bond motifs is 1. The molecule has 5 aromatic rings. The van der Waals surface area contributed by atoms with Gasteiger partial charge in [0.05, 0.1) is 45.2 Å². The largest absolute Gasteiger partial charge is 0.488 e. The van der Waals surface area contributed by atoms with Gasteiger partial charge < -0.3 is 14.8 Å². The summed E-state index contributed by atoms with van der Waals surface area (Å²) in [6.45, 7) is 5.67. The summed E-state index contributed by atoms with van der Waals surface area (Å²) >= 11 is 5.01. The van der Waals surface area contributed by atoms with Gasteiger partial charge in [0.1, 0.15) is 41.4 Å². The lowest BCUT2D eigenvalue weighted by molar-refractivity contribution is 0.0609. The van der Waals surface area contributed by atoms with Crippen molar-refractivity contribution < 1.29 is 22.3 Å². The van der Waals surface area contributed by atoms with E-state index < -0.39 is 15.1 Å². The van der Waals surface area contributed by atoms with Crippen molar-refractivity contribution in [2.75, 3.05) is 17.7 Å². The van der Waals surface area contributed by atoms with E-state index in [0.717, 1.165) is 26.1 Å². The highest BCUT2D eigenvalue weighted by Gasteiger charge is 2.20. The molecule has 5 rings (SSSR count). The Morgan fingerprint density at radius 3 is 2.66 bits per heavy atom. The average molecular weight is 701 g/mol. The van der Waals surface area contributed by atoms with Gasteiger partial charge in [0.25, 0.3) is 0 Å². The minimum absolute atomic E-state index is 0.0252. The molecule has 1 atom stereocenters. The number of halogens is 2. The fourth-order valence-corrected chi connectivity index (χ4v) is 6.51. The molecule has 0 amide bonds. The second kappa shape index (κ2) is 14.1. The fraction of sp³-hybridized carbons (Fsp3) is 0.290. The predicted octanol–water partition coefficient (Wildman–Crippen LogP) is 7.66. The first-order valence-corrected chi connectivity index (χ1v) is 17.3. The minimum atomic E-state index is -3.18. The molecule has 9 nitrogen and oxygen atoms in total. The molecule has 0 radical (unpaired) electrons. The van der Waals surface area contributed by atoms with Gasteiger partial charge in [-0.15, -0.1) is 11.3 Å². The van der Waals surface area contributed by atoms with Gasteiger partial charge in [-0.2, -0.15) is 0 Å². The SMILES string of the molecule is CCC(OCCS(=O)(=O)C(C)C)c1nc(-c2cc3c(Nc4ccc(OCc5cccc(F)c5)c(Br)c4)ncnc3cn2)cs1. The molecule has 0 aliphatic rings. The highest BCUT2D eigenvalue weighted by Crippen LogP contribution is 2.33. The highest BCUT2D eigenvalue weighted by molar-refractivity contribution is 9.10. The van der Waals surface area contributed by atoms with E-state index in [0.29, 0.717) is 34.9 Å². The molecule has 1 N–H and O–H groups in total. The van der Waals surface area contributed by atoms with Crippen LogP contribution in [0.25, 0.3) is 22.3 Å². The van der Waals surface area contributed by atoms with Crippen molar-refractivity contribution in [2.45, 2.75) is 45.2 Å². The molecule has 44 heavy (non-hydrogen) atoms. The average Bonchev–Trinajstić information content (AvgIpc) is 3.49. The molecule has 0 aliphatic heterocycles. The van der Waals surface area contributed by atoms with E-state index in [4.69, 9.17) is 14.5 Å². The number of nitrogens with zero attached hydrogens (tertiary/aromatic N) is 4. The Morgan fingerprint density at radius 1 is 1.07 bits per heavy atom. The van der Waals surface area contributed by atoms with Crippen molar-refractivity contribution in [1.82, 2.24) is 19.9 Å². The zero-order chi connectivity index (χ0) is 31.3. The maximum atomic E-state index is 13.5. The van der Waals surface area contributed by atoms with Crippen molar-refractivity contribution in [2.24, 2.45) is 0 Å². The fourth-order valence-electron chi connectivity index (χ4n) is 4.28. The van der Waals surface area contributed by atoms with Crippen molar-refractivity contribution in [3.8, 4) is 17.1 Å². The molecule has 0 spiro atoms. The molecular weight excluding hydrogens is 669 g/mol. The molecule has 3 aromatic heterocycles. The van der Waals surface area contributed by atoms with Crippen LogP contribution in [-0.4, -0.2) is 46.0 Å². The summed E-state index contributed by atoms with van der Waals surface area (Å²) in [5.74, 6) is 0.883. The van der Waals surface area contributed by atoms with Crippen molar-refractivity contribution >= 4 is 59.5 Å². The topological polar surface area (TPSA) is 116 Å². The highest BCUT2D eigenvalue weighted by atomic mass is 79.9. The number of aromatic nitrogens is 4. The molecule has 13 heteroatoms. The summed E-state index contributed by atoms with van der Waals surface area (Å²) in [5.41, 5.74) is 3.50. The molecule has 0 fully saturated rings. The predicted molar refractivity (Wildman–Crippen MR) is 175 cm³/mol. The van der Waals surface area contributed by atoms with Gasteiger partial charge in [-0.05, 0) is 78.2 Å². The maximum absolute atomic E-state index is 13.5. The van der Waals surface area contributed by atoms with Crippen LogP contribution in [0.2, 0.25) is 0 Å². The Morgan fingerprint density at radius 2 is 1.91 bits per heavy atom. The Bertz CT molecular complexity index is 1870. The van der Waals surface area contributed by atoms with Gasteiger partial charge in [-0.25, -0.2) is 27.8 Å². The van der Waals surface area contributed by atoms with E-state index in [1.807, 2.05) is 42.6 Å². The standard InChI is InChI=1S/C31H31BrFN5O4S2/c1-4-28(41-10-11-44(39,40)19(2)3)31-38-27(17-43-31)25-14-23-26(15-34-25)35-18-36-30(23)37-22-8-9-29(24(32)13-22)42-16-20-6-5-7-21(33)12-20/h5-9,12-15,17-19,28H,4,10-11,16H2,1-3H3,(H,35,36,37). The van der Waals surface area contributed by atoms with E-state index in [1.54, 1.807) is 26.1 Å². The van der Waals surface area contributed by atoms with Crippen LogP contribution in [0, 0.1) is 5.82 Å². The summed E-state index contributed by atoms with van der Waals surface area (Å²) in [7, 11) is -3.18. The van der Waals surface area contributed by atoms with Crippen LogP contribution >= 0.6 is 27.3 Å². The van der Waals surface area contributed by atoms with Gasteiger partial charge in [-0.3, -0.25) is 4.98 Å². The number of thiazole rings is 1. The van der Waals surface area contributed by atoms with Crippen LogP contribution in [0.3, 0.4) is 0 Å². The number of anilines is 2. The third-order valence-electron chi connectivity index (χ3n) is 6.84. The van der Waals surface area contributed by atoms with E-state index in [9.17, 15) is 12.8 Å². The summed E-state index contributed by atoms with van der Waals surface area (Å²) in [4.78, 5) is 18.2. The summed E-state index contributed by atoms with van der Waals surface area (Å²) in [6.07, 6.45) is 3.50. The first-order valence-electron chi connectivity index (χ1n) is 14.0. The number of hydrogen-bond donors (Lipinski definition) is 1. The monoisotopic (exact) mass is 699 g/mol. The quantitative estimate of drug-likeness (QED) is 0.132. The smallest absolute Gasteiger partial charge is 0.154 e. The first kappa shape index (κ1) is 31.9. The zero-order valence-electron chi connectivity index (χ0n) is 24.3. The van der Waals surface area contributed by atoms with Gasteiger partial charge in [0, 0.05) is 16.5 Å². The normalized spacial score (nSPS) is 12.5. The molecule has 230 valence electrons. The van der Waals surface area contributed by atoms with Crippen molar-refractivity contribution in [1.29, 1.82) is 0 Å².